The number of amides is 1. The molecule has 22 heavy (non-hydrogen) atoms. The van der Waals surface area contributed by atoms with Crippen LogP contribution in [-0.4, -0.2) is 21.6 Å². The summed E-state index contributed by atoms with van der Waals surface area (Å²) in [6.45, 7) is 6.16. The molecule has 2 rings (SSSR count). The van der Waals surface area contributed by atoms with Crippen molar-refractivity contribution in [3.05, 3.63) is 45.7 Å². The topological polar surface area (TPSA) is 54.9 Å². The highest BCUT2D eigenvalue weighted by Gasteiger charge is 2.14. The molecule has 0 saturated carbocycles. The summed E-state index contributed by atoms with van der Waals surface area (Å²) in [5.74, 6) is 0.690. The Morgan fingerprint density at radius 3 is 2.77 bits per heavy atom. The highest BCUT2D eigenvalue weighted by molar-refractivity contribution is 9.10. The van der Waals surface area contributed by atoms with E-state index in [4.69, 9.17) is 0 Å². The number of rotatable bonds is 5. The number of halogens is 1. The van der Waals surface area contributed by atoms with E-state index in [1.165, 1.54) is 5.56 Å². The lowest BCUT2D eigenvalue weighted by atomic mass is 10.1. The Labute approximate surface area is 143 Å². The van der Waals surface area contributed by atoms with E-state index in [1.807, 2.05) is 32.0 Å². The lowest BCUT2D eigenvalue weighted by Gasteiger charge is -2.09. The average Bonchev–Trinajstić information content (AvgIpc) is 2.50. The Morgan fingerprint density at radius 2 is 2.09 bits per heavy atom. The Balaban J connectivity index is 2.19. The summed E-state index contributed by atoms with van der Waals surface area (Å²) in [6.07, 6.45) is 2.66. The first-order chi connectivity index (χ1) is 10.5. The van der Waals surface area contributed by atoms with Crippen molar-refractivity contribution in [3.8, 4) is 0 Å². The van der Waals surface area contributed by atoms with Gasteiger partial charge in [-0.05, 0) is 59.5 Å². The third kappa shape index (κ3) is 4.30. The van der Waals surface area contributed by atoms with Gasteiger partial charge in [-0.25, -0.2) is 9.97 Å². The quantitative estimate of drug-likeness (QED) is 0.608. The number of benzene rings is 1. The van der Waals surface area contributed by atoms with Crippen molar-refractivity contribution < 1.29 is 4.79 Å². The number of hydrogen-bond donors (Lipinski definition) is 1. The summed E-state index contributed by atoms with van der Waals surface area (Å²) in [5.41, 5.74) is 3.45. The fourth-order valence-electron chi connectivity index (χ4n) is 1.78. The first-order valence-electron chi connectivity index (χ1n) is 7.05. The predicted molar refractivity (Wildman–Crippen MR) is 94.6 cm³/mol. The van der Waals surface area contributed by atoms with Crippen LogP contribution < -0.4 is 5.32 Å². The molecule has 0 spiro atoms. The van der Waals surface area contributed by atoms with Crippen LogP contribution in [0.4, 0.5) is 5.69 Å². The molecule has 1 amide bonds. The first-order valence-corrected chi connectivity index (χ1v) is 8.83. The number of aryl methyl sites for hydroxylation is 2. The lowest BCUT2D eigenvalue weighted by molar-refractivity contribution is 0.102. The highest BCUT2D eigenvalue weighted by atomic mass is 79.9. The number of aromatic nitrogens is 2. The van der Waals surface area contributed by atoms with Gasteiger partial charge in [-0.1, -0.05) is 24.8 Å². The van der Waals surface area contributed by atoms with E-state index in [-0.39, 0.29) is 5.91 Å². The van der Waals surface area contributed by atoms with Crippen LogP contribution in [0.2, 0.25) is 0 Å². The van der Waals surface area contributed by atoms with Crippen molar-refractivity contribution >= 4 is 39.3 Å². The second kappa shape index (κ2) is 7.74. The molecule has 1 N–H and O–H groups in total. The van der Waals surface area contributed by atoms with E-state index in [0.29, 0.717) is 15.3 Å². The van der Waals surface area contributed by atoms with Gasteiger partial charge >= 0.3 is 0 Å². The molecule has 1 aromatic carbocycles. The number of anilines is 1. The zero-order valence-electron chi connectivity index (χ0n) is 12.8. The maximum atomic E-state index is 12.4. The molecule has 0 fully saturated rings. The van der Waals surface area contributed by atoms with Crippen LogP contribution in [0.1, 0.15) is 35.0 Å². The molecule has 6 heteroatoms. The zero-order valence-corrected chi connectivity index (χ0v) is 15.2. The van der Waals surface area contributed by atoms with Crippen LogP contribution >= 0.6 is 27.7 Å². The molecule has 0 aliphatic carbocycles. The van der Waals surface area contributed by atoms with E-state index in [9.17, 15) is 4.79 Å². The van der Waals surface area contributed by atoms with Crippen LogP contribution in [0.5, 0.6) is 0 Å². The van der Waals surface area contributed by atoms with Gasteiger partial charge in [0.2, 0.25) is 0 Å². The van der Waals surface area contributed by atoms with Crippen molar-refractivity contribution in [2.24, 2.45) is 0 Å². The first kappa shape index (κ1) is 17.0. The number of hydrogen-bond acceptors (Lipinski definition) is 4. The van der Waals surface area contributed by atoms with E-state index in [2.05, 4.69) is 38.1 Å². The Morgan fingerprint density at radius 1 is 1.32 bits per heavy atom. The van der Waals surface area contributed by atoms with Crippen LogP contribution in [0, 0.1) is 13.8 Å². The minimum atomic E-state index is -0.240. The van der Waals surface area contributed by atoms with Gasteiger partial charge < -0.3 is 5.32 Å². The summed E-state index contributed by atoms with van der Waals surface area (Å²) in [4.78, 5) is 21.0. The van der Waals surface area contributed by atoms with Gasteiger partial charge in [0.05, 0.1) is 4.47 Å². The molecule has 0 aliphatic heterocycles. The second-order valence-electron chi connectivity index (χ2n) is 4.95. The molecule has 0 atom stereocenters. The summed E-state index contributed by atoms with van der Waals surface area (Å²) in [6, 6.07) is 5.83. The Kier molecular flexibility index (Phi) is 5.97. The van der Waals surface area contributed by atoms with Crippen LogP contribution in [-0.2, 0) is 0 Å². The molecule has 0 saturated heterocycles. The Hall–Kier alpha value is -1.40. The smallest absolute Gasteiger partial charge is 0.275 e. The van der Waals surface area contributed by atoms with Crippen molar-refractivity contribution in [3.63, 3.8) is 0 Å². The second-order valence-corrected chi connectivity index (χ2v) is 6.87. The van der Waals surface area contributed by atoms with E-state index in [1.54, 1.807) is 18.0 Å². The summed E-state index contributed by atoms with van der Waals surface area (Å²) in [7, 11) is 0. The van der Waals surface area contributed by atoms with E-state index < -0.39 is 0 Å². The maximum Gasteiger partial charge on any atom is 0.275 e. The van der Waals surface area contributed by atoms with Crippen molar-refractivity contribution in [1.29, 1.82) is 0 Å². The van der Waals surface area contributed by atoms with Gasteiger partial charge in [-0.3, -0.25) is 4.79 Å². The standard InChI is InChI=1S/C16H18BrN3OS/c1-4-7-22-16-18-9-13(17)14(20-16)15(21)19-12-6-5-10(2)11(3)8-12/h5-6,8-9H,4,7H2,1-3H3,(H,19,21). The molecule has 1 heterocycles. The van der Waals surface area contributed by atoms with Gasteiger partial charge in [0, 0.05) is 17.6 Å². The normalized spacial score (nSPS) is 10.5. The average molecular weight is 380 g/mol. The number of nitrogens with one attached hydrogen (secondary N) is 1. The molecule has 4 nitrogen and oxygen atoms in total. The number of carbonyl (C=O) groups excluding carboxylic acids is 1. The minimum absolute atomic E-state index is 0.240. The molecule has 0 radical (unpaired) electrons. The molecule has 2 aromatic rings. The van der Waals surface area contributed by atoms with Gasteiger partial charge in [0.25, 0.3) is 5.91 Å². The van der Waals surface area contributed by atoms with Crippen LogP contribution in [0.25, 0.3) is 0 Å². The van der Waals surface area contributed by atoms with E-state index >= 15 is 0 Å². The molecule has 116 valence electrons. The van der Waals surface area contributed by atoms with Gasteiger partial charge in [0.15, 0.2) is 5.16 Å². The largest absolute Gasteiger partial charge is 0.321 e. The monoisotopic (exact) mass is 379 g/mol. The third-order valence-corrected chi connectivity index (χ3v) is 4.78. The molecule has 0 unspecified atom stereocenters. The summed E-state index contributed by atoms with van der Waals surface area (Å²) in [5, 5.41) is 3.50. The van der Waals surface area contributed by atoms with Crippen molar-refractivity contribution in [2.45, 2.75) is 32.3 Å². The maximum absolute atomic E-state index is 12.4. The van der Waals surface area contributed by atoms with Gasteiger partial charge in [-0.15, -0.1) is 0 Å². The third-order valence-electron chi connectivity index (χ3n) is 3.14. The summed E-state index contributed by atoms with van der Waals surface area (Å²) < 4.78 is 0.592. The number of carbonyl (C=O) groups is 1. The zero-order chi connectivity index (χ0) is 16.1. The predicted octanol–water partition coefficient (Wildman–Crippen LogP) is 4.61. The Bertz CT molecular complexity index is 691. The fraction of sp³-hybridized carbons (Fsp3) is 0.312. The van der Waals surface area contributed by atoms with Crippen LogP contribution in [0.15, 0.2) is 34.0 Å². The molecule has 0 aliphatic rings. The van der Waals surface area contributed by atoms with Crippen molar-refractivity contribution in [2.75, 3.05) is 11.1 Å². The molecule has 1 aromatic heterocycles. The molecule has 0 bridgehead atoms. The highest BCUT2D eigenvalue weighted by Crippen LogP contribution is 2.21. The van der Waals surface area contributed by atoms with E-state index in [0.717, 1.165) is 23.4 Å². The fourth-order valence-corrected chi connectivity index (χ4v) is 2.82. The lowest BCUT2D eigenvalue weighted by Crippen LogP contribution is -2.15. The molecular weight excluding hydrogens is 362 g/mol. The summed E-state index contributed by atoms with van der Waals surface area (Å²) >= 11 is 4.89. The number of nitrogens with zero attached hydrogens (tertiary/aromatic N) is 2. The van der Waals surface area contributed by atoms with Gasteiger partial charge in [0.1, 0.15) is 5.69 Å². The number of thioether (sulfide) groups is 1. The van der Waals surface area contributed by atoms with Crippen LogP contribution in [0.3, 0.4) is 0 Å². The minimum Gasteiger partial charge on any atom is -0.321 e. The molecular formula is C16H18BrN3OS. The van der Waals surface area contributed by atoms with Gasteiger partial charge in [-0.2, -0.15) is 0 Å². The van der Waals surface area contributed by atoms with Crippen molar-refractivity contribution in [1.82, 2.24) is 9.97 Å². The SMILES string of the molecule is CCCSc1ncc(Br)c(C(=O)Nc2ccc(C)c(C)c2)n1.